The minimum Gasteiger partial charge on any atom is -0.493 e. The number of carbonyl (C=O) groups excluding carboxylic acids is 2. The second kappa shape index (κ2) is 12.4. The van der Waals surface area contributed by atoms with Crippen LogP contribution in [0.2, 0.25) is 0 Å². The third-order valence-electron chi connectivity index (χ3n) is 6.47. The predicted octanol–water partition coefficient (Wildman–Crippen LogP) is 2.14. The summed E-state index contributed by atoms with van der Waals surface area (Å²) >= 11 is 0. The van der Waals surface area contributed by atoms with E-state index in [0.717, 1.165) is 24.3 Å². The van der Waals surface area contributed by atoms with Gasteiger partial charge in [-0.3, -0.25) is 19.7 Å². The van der Waals surface area contributed by atoms with Crippen molar-refractivity contribution < 1.29 is 42.9 Å². The van der Waals surface area contributed by atoms with Crippen LogP contribution in [0.25, 0.3) is 5.69 Å². The molecular weight excluding hydrogens is 584 g/mol. The Morgan fingerprint density at radius 1 is 0.614 bits per heavy atom. The standard InChI is InChI=1S/C28H26N4O12/c1-39-19-11-15(12-20(40-2)23(19)43-5)25(33)30-27(35)29(17-7-9-18(10-8-17)32(37)38)28(36)31(30)26(34)16-13-21(41-3)24(44-6)22(14-16)42-4/h7-14H,1-6H3. The molecule has 16 heteroatoms. The van der Waals surface area contributed by atoms with Crippen molar-refractivity contribution in [3.8, 4) is 40.2 Å². The van der Waals surface area contributed by atoms with E-state index < -0.39 is 28.1 Å². The predicted molar refractivity (Wildman–Crippen MR) is 153 cm³/mol. The third kappa shape index (κ3) is 5.19. The van der Waals surface area contributed by atoms with Crippen molar-refractivity contribution in [2.45, 2.75) is 0 Å². The lowest BCUT2D eigenvalue weighted by atomic mass is 10.1. The molecule has 3 aromatic carbocycles. The molecule has 4 rings (SSSR count). The largest absolute Gasteiger partial charge is 0.493 e. The average molecular weight is 611 g/mol. The van der Waals surface area contributed by atoms with Crippen molar-refractivity contribution in [2.75, 3.05) is 42.7 Å². The monoisotopic (exact) mass is 610 g/mol. The SMILES string of the molecule is COc1cc(C(=O)n2c(=O)n(-c3ccc([N+](=O)[O-])cc3)c(=O)n2C(=O)c2cc(OC)c(OC)c(OC)c2)cc(OC)c1OC. The lowest BCUT2D eigenvalue weighted by Crippen LogP contribution is -2.37. The first-order chi connectivity index (χ1) is 21.1. The van der Waals surface area contributed by atoms with Crippen molar-refractivity contribution in [2.24, 2.45) is 0 Å². The second-order valence-electron chi connectivity index (χ2n) is 8.74. The molecular formula is C28H26N4O12. The van der Waals surface area contributed by atoms with Crippen LogP contribution >= 0.6 is 0 Å². The van der Waals surface area contributed by atoms with E-state index in [2.05, 4.69) is 0 Å². The molecule has 16 nitrogen and oxygen atoms in total. The molecule has 0 bridgehead atoms. The third-order valence-corrected chi connectivity index (χ3v) is 6.47. The van der Waals surface area contributed by atoms with Gasteiger partial charge >= 0.3 is 11.4 Å². The van der Waals surface area contributed by atoms with E-state index in [1.165, 1.54) is 66.9 Å². The van der Waals surface area contributed by atoms with Gasteiger partial charge in [-0.2, -0.15) is 9.36 Å². The summed E-state index contributed by atoms with van der Waals surface area (Å²) in [4.78, 5) is 66.0. The van der Waals surface area contributed by atoms with Crippen LogP contribution in [0.1, 0.15) is 20.7 Å². The van der Waals surface area contributed by atoms with Crippen LogP contribution in [0.3, 0.4) is 0 Å². The van der Waals surface area contributed by atoms with Gasteiger partial charge in [-0.25, -0.2) is 14.2 Å². The normalized spacial score (nSPS) is 10.6. The number of non-ortho nitro benzene ring substituents is 1. The Labute approximate surface area is 248 Å². The van der Waals surface area contributed by atoms with Gasteiger partial charge in [0.15, 0.2) is 23.0 Å². The summed E-state index contributed by atoms with van der Waals surface area (Å²) in [5.41, 5.74) is -3.38. The molecule has 44 heavy (non-hydrogen) atoms. The van der Waals surface area contributed by atoms with Crippen LogP contribution in [0.4, 0.5) is 5.69 Å². The average Bonchev–Trinajstić information content (AvgIpc) is 3.31. The van der Waals surface area contributed by atoms with E-state index in [0.29, 0.717) is 13.9 Å². The van der Waals surface area contributed by atoms with E-state index in [4.69, 9.17) is 28.4 Å². The zero-order chi connectivity index (χ0) is 32.3. The molecule has 0 radical (unpaired) electrons. The van der Waals surface area contributed by atoms with Crippen molar-refractivity contribution in [1.29, 1.82) is 0 Å². The van der Waals surface area contributed by atoms with Crippen LogP contribution < -0.4 is 39.8 Å². The van der Waals surface area contributed by atoms with Gasteiger partial charge in [0.05, 0.1) is 53.3 Å². The molecule has 0 fully saturated rings. The molecule has 0 amide bonds. The lowest BCUT2D eigenvalue weighted by Gasteiger charge is -2.15. The van der Waals surface area contributed by atoms with Crippen LogP contribution in [-0.4, -0.2) is 73.3 Å². The maximum atomic E-state index is 14.0. The van der Waals surface area contributed by atoms with E-state index in [9.17, 15) is 29.3 Å². The Kier molecular flexibility index (Phi) is 8.73. The molecule has 1 aromatic heterocycles. The van der Waals surface area contributed by atoms with Crippen LogP contribution in [0.5, 0.6) is 34.5 Å². The number of hydrogen-bond donors (Lipinski definition) is 0. The highest BCUT2D eigenvalue weighted by Crippen LogP contribution is 2.39. The number of nitro benzene ring substituents is 1. The van der Waals surface area contributed by atoms with Gasteiger partial charge in [0, 0.05) is 23.3 Å². The maximum absolute atomic E-state index is 14.0. The zero-order valence-corrected chi connectivity index (χ0v) is 24.3. The quantitative estimate of drug-likeness (QED) is 0.189. The van der Waals surface area contributed by atoms with Gasteiger partial charge in [0.1, 0.15) is 0 Å². The van der Waals surface area contributed by atoms with E-state index >= 15 is 0 Å². The molecule has 0 atom stereocenters. The minimum absolute atomic E-state index is 0.0582. The number of aromatic nitrogens is 3. The van der Waals surface area contributed by atoms with Gasteiger partial charge in [-0.15, -0.1) is 0 Å². The molecule has 0 saturated heterocycles. The highest BCUT2D eigenvalue weighted by Gasteiger charge is 2.30. The number of nitrogens with zero attached hydrogens (tertiary/aromatic N) is 4. The van der Waals surface area contributed by atoms with Crippen molar-refractivity contribution in [3.05, 3.63) is 90.7 Å². The maximum Gasteiger partial charge on any atom is 0.359 e. The lowest BCUT2D eigenvalue weighted by molar-refractivity contribution is -0.384. The Balaban J connectivity index is 2.04. The Hall–Kier alpha value is -6.06. The molecule has 4 aromatic rings. The summed E-state index contributed by atoms with van der Waals surface area (Å²) < 4.78 is 33.0. The topological polar surface area (TPSA) is 182 Å². The minimum atomic E-state index is -1.25. The highest BCUT2D eigenvalue weighted by molar-refractivity contribution is 6.01. The van der Waals surface area contributed by atoms with E-state index in [-0.39, 0.29) is 57.0 Å². The Bertz CT molecular complexity index is 1730. The number of hydrogen-bond acceptors (Lipinski definition) is 12. The Morgan fingerprint density at radius 3 is 1.23 bits per heavy atom. The number of ether oxygens (including phenoxy) is 6. The summed E-state index contributed by atoms with van der Waals surface area (Å²) in [6, 6.07) is 9.31. The van der Waals surface area contributed by atoms with Gasteiger partial charge in [0.2, 0.25) is 11.5 Å². The first-order valence-corrected chi connectivity index (χ1v) is 12.5. The van der Waals surface area contributed by atoms with Gasteiger partial charge in [-0.1, -0.05) is 0 Å². The number of methoxy groups -OCH3 is 6. The molecule has 1 heterocycles. The van der Waals surface area contributed by atoms with Crippen molar-refractivity contribution in [3.63, 3.8) is 0 Å². The Morgan fingerprint density at radius 2 is 0.955 bits per heavy atom. The van der Waals surface area contributed by atoms with Gasteiger partial charge in [0.25, 0.3) is 17.5 Å². The fourth-order valence-electron chi connectivity index (χ4n) is 4.40. The molecule has 0 spiro atoms. The fraction of sp³-hybridized carbons (Fsp3) is 0.214. The molecule has 0 N–H and O–H groups in total. The second-order valence-corrected chi connectivity index (χ2v) is 8.74. The molecule has 230 valence electrons. The van der Waals surface area contributed by atoms with E-state index in [1.54, 1.807) is 0 Å². The molecule has 0 aliphatic heterocycles. The summed E-state index contributed by atoms with van der Waals surface area (Å²) in [7, 11) is 7.95. The van der Waals surface area contributed by atoms with Gasteiger partial charge in [-0.05, 0) is 36.4 Å². The van der Waals surface area contributed by atoms with Crippen molar-refractivity contribution in [1.82, 2.24) is 13.9 Å². The summed E-state index contributed by atoms with van der Waals surface area (Å²) in [5, 5.41) is 11.2. The zero-order valence-electron chi connectivity index (χ0n) is 24.3. The molecule has 0 saturated carbocycles. The molecule has 0 aliphatic carbocycles. The highest BCUT2D eigenvalue weighted by atomic mass is 16.6. The molecule has 0 aliphatic rings. The van der Waals surface area contributed by atoms with Gasteiger partial charge < -0.3 is 28.4 Å². The smallest absolute Gasteiger partial charge is 0.359 e. The van der Waals surface area contributed by atoms with E-state index in [1.807, 2.05) is 0 Å². The first kappa shape index (κ1) is 30.9. The number of nitro groups is 1. The summed E-state index contributed by atoms with van der Waals surface area (Å²) in [6.07, 6.45) is 0. The van der Waals surface area contributed by atoms with Crippen molar-refractivity contribution >= 4 is 17.5 Å². The van der Waals surface area contributed by atoms with Crippen LogP contribution in [0.15, 0.2) is 58.1 Å². The fourth-order valence-corrected chi connectivity index (χ4v) is 4.40. The first-order valence-electron chi connectivity index (χ1n) is 12.5. The molecule has 0 unspecified atom stereocenters. The number of carbonyl (C=O) groups is 2. The number of rotatable bonds is 10. The van der Waals surface area contributed by atoms with Crippen LogP contribution in [0, 0.1) is 10.1 Å². The summed E-state index contributed by atoms with van der Waals surface area (Å²) in [6.45, 7) is 0. The number of benzene rings is 3. The van der Waals surface area contributed by atoms with Crippen LogP contribution in [-0.2, 0) is 0 Å². The summed E-state index contributed by atoms with van der Waals surface area (Å²) in [5.74, 6) is -1.71.